The number of aromatic nitrogens is 2. The number of hydrogen-bond donors (Lipinski definition) is 2. The molecule has 2 heterocycles. The molecule has 1 aliphatic rings. The fourth-order valence-corrected chi connectivity index (χ4v) is 3.84. The molecule has 26 heavy (non-hydrogen) atoms. The standard InChI is InChI=1S/C17H22N4O4S/c1-21-15(5-8-18-21)6-9-19-26(23,24)16-4-2-3-13(11-16)17(22)20-14-7-10-25-12-14/h2-5,8,11,14,19H,6-7,9-10,12H2,1H3,(H,20,22). The molecule has 140 valence electrons. The molecule has 0 saturated carbocycles. The Bertz CT molecular complexity index is 872. The Kier molecular flexibility index (Phi) is 5.70. The van der Waals surface area contributed by atoms with Crippen molar-refractivity contribution in [3.05, 3.63) is 47.8 Å². The van der Waals surface area contributed by atoms with Crippen LogP contribution < -0.4 is 10.0 Å². The Balaban J connectivity index is 1.63. The number of aryl methyl sites for hydroxylation is 1. The van der Waals surface area contributed by atoms with Crippen molar-refractivity contribution in [2.75, 3.05) is 19.8 Å². The minimum absolute atomic E-state index is 0.0280. The Labute approximate surface area is 152 Å². The molecule has 1 fully saturated rings. The van der Waals surface area contributed by atoms with Gasteiger partial charge >= 0.3 is 0 Å². The van der Waals surface area contributed by atoms with Gasteiger partial charge in [0.15, 0.2) is 0 Å². The topological polar surface area (TPSA) is 102 Å². The third kappa shape index (κ3) is 4.48. The normalized spacial score (nSPS) is 17.3. The lowest BCUT2D eigenvalue weighted by atomic mass is 10.2. The van der Waals surface area contributed by atoms with Gasteiger partial charge in [-0.3, -0.25) is 9.48 Å². The largest absolute Gasteiger partial charge is 0.379 e. The second-order valence-corrected chi connectivity index (χ2v) is 7.92. The first kappa shape index (κ1) is 18.6. The molecule has 0 spiro atoms. The zero-order valence-electron chi connectivity index (χ0n) is 14.5. The molecule has 9 heteroatoms. The van der Waals surface area contributed by atoms with Crippen LogP contribution in [0.25, 0.3) is 0 Å². The van der Waals surface area contributed by atoms with Crippen LogP contribution in [0.2, 0.25) is 0 Å². The van der Waals surface area contributed by atoms with Crippen molar-refractivity contribution in [3.63, 3.8) is 0 Å². The van der Waals surface area contributed by atoms with Crippen molar-refractivity contribution in [1.82, 2.24) is 19.8 Å². The number of amides is 1. The average molecular weight is 378 g/mol. The molecule has 2 N–H and O–H groups in total. The highest BCUT2D eigenvalue weighted by Crippen LogP contribution is 2.13. The fourth-order valence-electron chi connectivity index (χ4n) is 2.76. The minimum Gasteiger partial charge on any atom is -0.379 e. The van der Waals surface area contributed by atoms with Gasteiger partial charge in [-0.25, -0.2) is 13.1 Å². The van der Waals surface area contributed by atoms with Gasteiger partial charge in [0.25, 0.3) is 5.91 Å². The molecule has 1 amide bonds. The van der Waals surface area contributed by atoms with E-state index in [0.717, 1.165) is 12.1 Å². The number of rotatable bonds is 7. The Morgan fingerprint density at radius 1 is 1.38 bits per heavy atom. The molecule has 0 aliphatic carbocycles. The summed E-state index contributed by atoms with van der Waals surface area (Å²) in [7, 11) is -1.89. The Hall–Kier alpha value is -2.23. The van der Waals surface area contributed by atoms with E-state index in [1.165, 1.54) is 12.1 Å². The van der Waals surface area contributed by atoms with Gasteiger partial charge in [-0.1, -0.05) is 6.07 Å². The van der Waals surface area contributed by atoms with Crippen molar-refractivity contribution in [1.29, 1.82) is 0 Å². The molecule has 0 bridgehead atoms. The van der Waals surface area contributed by atoms with Crippen molar-refractivity contribution < 1.29 is 17.9 Å². The van der Waals surface area contributed by atoms with Gasteiger partial charge < -0.3 is 10.1 Å². The summed E-state index contributed by atoms with van der Waals surface area (Å²) in [5.74, 6) is -0.299. The van der Waals surface area contributed by atoms with Gasteiger partial charge in [-0.2, -0.15) is 5.10 Å². The van der Waals surface area contributed by atoms with Crippen LogP contribution >= 0.6 is 0 Å². The second kappa shape index (κ2) is 7.98. The summed E-state index contributed by atoms with van der Waals surface area (Å²) in [6.07, 6.45) is 2.96. The summed E-state index contributed by atoms with van der Waals surface area (Å²) in [4.78, 5) is 12.4. The first-order valence-electron chi connectivity index (χ1n) is 8.41. The summed E-state index contributed by atoms with van der Waals surface area (Å²) in [5, 5.41) is 6.90. The molecular weight excluding hydrogens is 356 g/mol. The zero-order chi connectivity index (χ0) is 18.6. The molecule has 8 nitrogen and oxygen atoms in total. The minimum atomic E-state index is -3.69. The highest BCUT2D eigenvalue weighted by molar-refractivity contribution is 7.89. The Morgan fingerprint density at radius 2 is 2.23 bits per heavy atom. The number of ether oxygens (including phenoxy) is 1. The molecule has 1 aromatic carbocycles. The van der Waals surface area contributed by atoms with E-state index < -0.39 is 10.0 Å². The SMILES string of the molecule is Cn1nccc1CCNS(=O)(=O)c1cccc(C(=O)NC2CCOC2)c1. The molecule has 1 unspecified atom stereocenters. The van der Waals surface area contributed by atoms with Crippen LogP contribution in [0.5, 0.6) is 0 Å². The maximum Gasteiger partial charge on any atom is 0.251 e. The van der Waals surface area contributed by atoms with Crippen molar-refractivity contribution in [2.24, 2.45) is 7.05 Å². The lowest BCUT2D eigenvalue weighted by molar-refractivity contribution is 0.0929. The number of carbonyl (C=O) groups is 1. The van der Waals surface area contributed by atoms with Gasteiger partial charge in [0.2, 0.25) is 10.0 Å². The van der Waals surface area contributed by atoms with E-state index in [4.69, 9.17) is 4.74 Å². The summed E-state index contributed by atoms with van der Waals surface area (Å²) in [6, 6.07) is 7.83. The van der Waals surface area contributed by atoms with Crippen LogP contribution in [0.1, 0.15) is 22.5 Å². The maximum atomic E-state index is 12.5. The number of hydrogen-bond acceptors (Lipinski definition) is 5. The average Bonchev–Trinajstić information content (AvgIpc) is 3.27. The molecule has 1 atom stereocenters. The van der Waals surface area contributed by atoms with Crippen LogP contribution in [0, 0.1) is 0 Å². The number of carbonyl (C=O) groups excluding carboxylic acids is 1. The van der Waals surface area contributed by atoms with E-state index in [2.05, 4.69) is 15.1 Å². The van der Waals surface area contributed by atoms with Gasteiger partial charge in [0.05, 0.1) is 17.5 Å². The highest BCUT2D eigenvalue weighted by atomic mass is 32.2. The predicted molar refractivity (Wildman–Crippen MR) is 95.2 cm³/mol. The molecule has 1 aliphatic heterocycles. The number of benzene rings is 1. The van der Waals surface area contributed by atoms with Gasteiger partial charge in [0.1, 0.15) is 0 Å². The number of nitrogens with zero attached hydrogens (tertiary/aromatic N) is 2. The zero-order valence-corrected chi connectivity index (χ0v) is 15.3. The third-order valence-corrected chi connectivity index (χ3v) is 5.73. The van der Waals surface area contributed by atoms with Crippen molar-refractivity contribution >= 4 is 15.9 Å². The fraction of sp³-hybridized carbons (Fsp3) is 0.412. The van der Waals surface area contributed by atoms with Crippen LogP contribution in [-0.2, 0) is 28.2 Å². The quantitative estimate of drug-likeness (QED) is 0.729. The van der Waals surface area contributed by atoms with E-state index in [1.54, 1.807) is 30.1 Å². The monoisotopic (exact) mass is 378 g/mol. The van der Waals surface area contributed by atoms with Crippen molar-refractivity contribution in [2.45, 2.75) is 23.8 Å². The number of sulfonamides is 1. The lowest BCUT2D eigenvalue weighted by Gasteiger charge is -2.12. The summed E-state index contributed by atoms with van der Waals surface area (Å²) in [6.45, 7) is 1.36. The van der Waals surface area contributed by atoms with E-state index in [1.807, 2.05) is 6.07 Å². The van der Waals surface area contributed by atoms with Crippen LogP contribution in [0.4, 0.5) is 0 Å². The molecule has 0 radical (unpaired) electrons. The summed E-state index contributed by atoms with van der Waals surface area (Å²) >= 11 is 0. The first-order chi connectivity index (χ1) is 12.5. The Morgan fingerprint density at radius 3 is 2.92 bits per heavy atom. The van der Waals surface area contributed by atoms with Gasteiger partial charge in [-0.15, -0.1) is 0 Å². The smallest absolute Gasteiger partial charge is 0.251 e. The molecule has 1 saturated heterocycles. The van der Waals surface area contributed by atoms with Crippen LogP contribution in [-0.4, -0.2) is 49.9 Å². The molecule has 2 aromatic rings. The molecule has 3 rings (SSSR count). The van der Waals surface area contributed by atoms with Gasteiger partial charge in [0, 0.05) is 44.1 Å². The summed E-state index contributed by atoms with van der Waals surface area (Å²) < 4.78 is 34.4. The van der Waals surface area contributed by atoms with Crippen LogP contribution in [0.15, 0.2) is 41.4 Å². The lowest BCUT2D eigenvalue weighted by Crippen LogP contribution is -2.35. The molecule has 1 aromatic heterocycles. The second-order valence-electron chi connectivity index (χ2n) is 6.16. The maximum absolute atomic E-state index is 12.5. The van der Waals surface area contributed by atoms with E-state index in [0.29, 0.717) is 25.2 Å². The number of nitrogens with one attached hydrogen (secondary N) is 2. The third-order valence-electron chi connectivity index (χ3n) is 4.27. The van der Waals surface area contributed by atoms with E-state index >= 15 is 0 Å². The summed E-state index contributed by atoms with van der Waals surface area (Å²) in [5.41, 5.74) is 1.24. The van der Waals surface area contributed by atoms with Crippen molar-refractivity contribution in [3.8, 4) is 0 Å². The van der Waals surface area contributed by atoms with Crippen LogP contribution in [0.3, 0.4) is 0 Å². The first-order valence-corrected chi connectivity index (χ1v) is 9.89. The highest BCUT2D eigenvalue weighted by Gasteiger charge is 2.20. The van der Waals surface area contributed by atoms with E-state index in [-0.39, 0.29) is 23.4 Å². The molecular formula is C17H22N4O4S. The van der Waals surface area contributed by atoms with Gasteiger partial charge in [-0.05, 0) is 30.7 Å². The van der Waals surface area contributed by atoms with E-state index in [9.17, 15) is 13.2 Å². The predicted octanol–water partition coefficient (Wildman–Crippen LogP) is 0.460.